The molecule has 0 bridgehead atoms. The highest BCUT2D eigenvalue weighted by molar-refractivity contribution is 5.87. The lowest BCUT2D eigenvalue weighted by Crippen LogP contribution is -2.42. The van der Waals surface area contributed by atoms with Crippen LogP contribution in [0.2, 0.25) is 0 Å². The van der Waals surface area contributed by atoms with Gasteiger partial charge < -0.3 is 5.32 Å². The maximum Gasteiger partial charge on any atom is 0.230 e. The molecular weight excluding hydrogens is 262 g/mol. The summed E-state index contributed by atoms with van der Waals surface area (Å²) in [6.07, 6.45) is 2.59. The van der Waals surface area contributed by atoms with Crippen LogP contribution in [-0.2, 0) is 17.3 Å². The summed E-state index contributed by atoms with van der Waals surface area (Å²) in [5.74, 6) is 0.0294. The Labute approximate surface area is 126 Å². The average Bonchev–Trinajstić information content (AvgIpc) is 2.91. The lowest BCUT2D eigenvalue weighted by molar-refractivity contribution is -0.126. The molecule has 0 aliphatic heterocycles. The summed E-state index contributed by atoms with van der Waals surface area (Å²) in [5, 5.41) is 7.33. The molecule has 1 amide bonds. The SMILES string of the molecule is CC[C@@H](NC(=O)C(C)(C)c1ccccc1)c1ccnn1C. The maximum absolute atomic E-state index is 12.7. The summed E-state index contributed by atoms with van der Waals surface area (Å²) in [4.78, 5) is 12.7. The lowest BCUT2D eigenvalue weighted by Gasteiger charge is -2.27. The Morgan fingerprint density at radius 2 is 1.95 bits per heavy atom. The second-order valence-electron chi connectivity index (χ2n) is 5.81. The molecule has 0 radical (unpaired) electrons. The standard InChI is InChI=1S/C17H23N3O/c1-5-14(15-11-12-18-20(15)4)19-16(21)17(2,3)13-9-7-6-8-10-13/h6-12,14H,5H2,1-4H3,(H,19,21)/t14-/m1/s1. The topological polar surface area (TPSA) is 46.9 Å². The number of rotatable bonds is 5. The first-order chi connectivity index (χ1) is 9.96. The molecular formula is C17H23N3O. The van der Waals surface area contributed by atoms with Crippen LogP contribution in [0.3, 0.4) is 0 Å². The van der Waals surface area contributed by atoms with Crippen LogP contribution in [0.4, 0.5) is 0 Å². The fraction of sp³-hybridized carbons (Fsp3) is 0.412. The van der Waals surface area contributed by atoms with E-state index in [2.05, 4.69) is 17.3 Å². The average molecular weight is 285 g/mol. The van der Waals surface area contributed by atoms with Gasteiger partial charge in [-0.05, 0) is 31.9 Å². The first kappa shape index (κ1) is 15.3. The summed E-state index contributed by atoms with van der Waals surface area (Å²) in [6, 6.07) is 11.8. The third-order valence-corrected chi connectivity index (χ3v) is 3.99. The summed E-state index contributed by atoms with van der Waals surface area (Å²) >= 11 is 0. The molecule has 4 heteroatoms. The third kappa shape index (κ3) is 3.15. The van der Waals surface area contributed by atoms with Crippen LogP contribution >= 0.6 is 0 Å². The summed E-state index contributed by atoms with van der Waals surface area (Å²) in [7, 11) is 1.90. The van der Waals surface area contributed by atoms with Crippen LogP contribution in [0.1, 0.15) is 44.5 Å². The minimum atomic E-state index is -0.562. The number of carbonyl (C=O) groups is 1. The monoisotopic (exact) mass is 285 g/mol. The molecule has 0 saturated carbocycles. The maximum atomic E-state index is 12.7. The van der Waals surface area contributed by atoms with E-state index in [-0.39, 0.29) is 11.9 Å². The van der Waals surface area contributed by atoms with Crippen LogP contribution in [0.25, 0.3) is 0 Å². The minimum absolute atomic E-state index is 0.0204. The van der Waals surface area contributed by atoms with Gasteiger partial charge in [-0.25, -0.2) is 0 Å². The molecule has 0 aliphatic rings. The molecule has 0 aliphatic carbocycles. The van der Waals surface area contributed by atoms with Gasteiger partial charge in [0.2, 0.25) is 5.91 Å². The molecule has 2 rings (SSSR count). The van der Waals surface area contributed by atoms with Crippen LogP contribution in [-0.4, -0.2) is 15.7 Å². The van der Waals surface area contributed by atoms with Crippen molar-refractivity contribution in [1.29, 1.82) is 0 Å². The first-order valence-corrected chi connectivity index (χ1v) is 7.31. The Kier molecular flexibility index (Phi) is 4.46. The van der Waals surface area contributed by atoms with Crippen molar-refractivity contribution in [3.05, 3.63) is 53.9 Å². The number of nitrogens with one attached hydrogen (secondary N) is 1. The van der Waals surface area contributed by atoms with Gasteiger partial charge in [0.15, 0.2) is 0 Å². The molecule has 1 aromatic carbocycles. The molecule has 0 unspecified atom stereocenters. The highest BCUT2D eigenvalue weighted by Crippen LogP contribution is 2.25. The molecule has 0 fully saturated rings. The predicted molar refractivity (Wildman–Crippen MR) is 83.9 cm³/mol. The lowest BCUT2D eigenvalue weighted by atomic mass is 9.83. The Hall–Kier alpha value is -2.10. The number of carbonyl (C=O) groups excluding carboxylic acids is 1. The Morgan fingerprint density at radius 3 is 2.48 bits per heavy atom. The number of hydrogen-bond donors (Lipinski definition) is 1. The number of nitrogens with zero attached hydrogens (tertiary/aromatic N) is 2. The van der Waals surface area contributed by atoms with Gasteiger partial charge in [-0.3, -0.25) is 9.48 Å². The van der Waals surface area contributed by atoms with Gasteiger partial charge in [-0.2, -0.15) is 5.10 Å². The van der Waals surface area contributed by atoms with Crippen LogP contribution < -0.4 is 5.32 Å². The molecule has 21 heavy (non-hydrogen) atoms. The van der Waals surface area contributed by atoms with Crippen molar-refractivity contribution < 1.29 is 4.79 Å². The molecule has 112 valence electrons. The number of aryl methyl sites for hydroxylation is 1. The third-order valence-electron chi connectivity index (χ3n) is 3.99. The Morgan fingerprint density at radius 1 is 1.29 bits per heavy atom. The molecule has 0 spiro atoms. The first-order valence-electron chi connectivity index (χ1n) is 7.31. The molecule has 1 heterocycles. The highest BCUT2D eigenvalue weighted by atomic mass is 16.2. The van der Waals surface area contributed by atoms with Gasteiger partial charge in [0.1, 0.15) is 0 Å². The largest absolute Gasteiger partial charge is 0.347 e. The zero-order valence-electron chi connectivity index (χ0n) is 13.1. The quantitative estimate of drug-likeness (QED) is 0.918. The van der Waals surface area contributed by atoms with Crippen molar-refractivity contribution in [2.75, 3.05) is 0 Å². The zero-order valence-corrected chi connectivity index (χ0v) is 13.1. The van der Waals surface area contributed by atoms with Gasteiger partial charge >= 0.3 is 0 Å². The predicted octanol–water partition coefficient (Wildman–Crippen LogP) is 2.97. The van der Waals surface area contributed by atoms with Crippen molar-refractivity contribution in [3.8, 4) is 0 Å². The number of hydrogen-bond acceptors (Lipinski definition) is 2. The number of aromatic nitrogens is 2. The van der Waals surface area contributed by atoms with E-state index in [0.717, 1.165) is 17.7 Å². The molecule has 0 saturated heterocycles. The van der Waals surface area contributed by atoms with Gasteiger partial charge in [0.25, 0.3) is 0 Å². The van der Waals surface area contributed by atoms with E-state index >= 15 is 0 Å². The van der Waals surface area contributed by atoms with Crippen LogP contribution in [0, 0.1) is 0 Å². The van der Waals surface area contributed by atoms with E-state index in [1.807, 2.05) is 62.0 Å². The number of amides is 1. The van der Waals surface area contributed by atoms with E-state index in [4.69, 9.17) is 0 Å². The molecule has 1 N–H and O–H groups in total. The minimum Gasteiger partial charge on any atom is -0.347 e. The fourth-order valence-corrected chi connectivity index (χ4v) is 2.44. The molecule has 4 nitrogen and oxygen atoms in total. The second kappa shape index (κ2) is 6.12. The van der Waals surface area contributed by atoms with Crippen molar-refractivity contribution in [2.24, 2.45) is 7.05 Å². The fourth-order valence-electron chi connectivity index (χ4n) is 2.44. The summed E-state index contributed by atoms with van der Waals surface area (Å²) < 4.78 is 1.81. The van der Waals surface area contributed by atoms with Crippen molar-refractivity contribution in [2.45, 2.75) is 38.6 Å². The van der Waals surface area contributed by atoms with E-state index < -0.39 is 5.41 Å². The zero-order chi connectivity index (χ0) is 15.5. The van der Waals surface area contributed by atoms with E-state index in [1.54, 1.807) is 6.20 Å². The Balaban J connectivity index is 2.18. The van der Waals surface area contributed by atoms with E-state index in [1.165, 1.54) is 0 Å². The van der Waals surface area contributed by atoms with Crippen LogP contribution in [0.5, 0.6) is 0 Å². The van der Waals surface area contributed by atoms with Gasteiger partial charge in [-0.1, -0.05) is 37.3 Å². The molecule has 2 aromatic rings. The summed E-state index contributed by atoms with van der Waals surface area (Å²) in [6.45, 7) is 5.97. The van der Waals surface area contributed by atoms with Crippen molar-refractivity contribution in [1.82, 2.24) is 15.1 Å². The smallest absolute Gasteiger partial charge is 0.230 e. The normalized spacial score (nSPS) is 13.0. The van der Waals surface area contributed by atoms with E-state index in [9.17, 15) is 4.79 Å². The summed E-state index contributed by atoms with van der Waals surface area (Å²) in [5.41, 5.74) is 1.48. The number of benzene rings is 1. The highest BCUT2D eigenvalue weighted by Gasteiger charge is 2.31. The second-order valence-corrected chi connectivity index (χ2v) is 5.81. The van der Waals surface area contributed by atoms with Crippen molar-refractivity contribution >= 4 is 5.91 Å². The van der Waals surface area contributed by atoms with Gasteiger partial charge in [0, 0.05) is 13.2 Å². The van der Waals surface area contributed by atoms with Crippen LogP contribution in [0.15, 0.2) is 42.6 Å². The van der Waals surface area contributed by atoms with Gasteiger partial charge in [0.05, 0.1) is 17.2 Å². The van der Waals surface area contributed by atoms with Gasteiger partial charge in [-0.15, -0.1) is 0 Å². The van der Waals surface area contributed by atoms with E-state index in [0.29, 0.717) is 0 Å². The molecule has 1 atom stereocenters. The molecule has 1 aromatic heterocycles. The van der Waals surface area contributed by atoms with Crippen molar-refractivity contribution in [3.63, 3.8) is 0 Å². The Bertz CT molecular complexity index is 602.